The molecule has 2 aliphatic heterocycles. The van der Waals surface area contributed by atoms with Crippen molar-refractivity contribution in [2.45, 2.75) is 31.7 Å². The van der Waals surface area contributed by atoms with Crippen molar-refractivity contribution in [1.82, 2.24) is 15.1 Å². The van der Waals surface area contributed by atoms with E-state index >= 15 is 0 Å². The number of hydrogen-bond donors (Lipinski definition) is 1. The zero-order valence-electron chi connectivity index (χ0n) is 15.6. The van der Waals surface area contributed by atoms with Gasteiger partial charge in [0.2, 0.25) is 17.7 Å². The summed E-state index contributed by atoms with van der Waals surface area (Å²) in [5.74, 6) is -0.932. The lowest BCUT2D eigenvalue weighted by Gasteiger charge is -2.37. The average molecular weight is 426 g/mol. The highest BCUT2D eigenvalue weighted by atomic mass is 35.5. The lowest BCUT2D eigenvalue weighted by atomic mass is 9.81. The van der Waals surface area contributed by atoms with E-state index in [-0.39, 0.29) is 54.6 Å². The molecule has 2 heterocycles. The first-order valence-electron chi connectivity index (χ1n) is 9.67. The highest BCUT2D eigenvalue weighted by molar-refractivity contribution is 6.30. The SMILES string of the molecule is Cl.O=C1C2CCCCC2C(=O)N1CC(=O)N1CCNCC1c1cccc(Cl)c1. The maximum Gasteiger partial charge on any atom is 0.243 e. The van der Waals surface area contributed by atoms with Crippen molar-refractivity contribution in [1.29, 1.82) is 0 Å². The van der Waals surface area contributed by atoms with E-state index in [1.807, 2.05) is 18.2 Å². The van der Waals surface area contributed by atoms with Crippen LogP contribution in [0, 0.1) is 11.8 Å². The molecule has 6 nitrogen and oxygen atoms in total. The van der Waals surface area contributed by atoms with Crippen molar-refractivity contribution < 1.29 is 14.4 Å². The number of hydrogen-bond acceptors (Lipinski definition) is 4. The molecule has 0 spiro atoms. The highest BCUT2D eigenvalue weighted by Gasteiger charge is 2.49. The molecule has 1 aromatic rings. The highest BCUT2D eigenvalue weighted by Crippen LogP contribution is 2.38. The van der Waals surface area contributed by atoms with E-state index in [1.54, 1.807) is 11.0 Å². The summed E-state index contributed by atoms with van der Waals surface area (Å²) >= 11 is 6.12. The van der Waals surface area contributed by atoms with Crippen LogP contribution in [0.3, 0.4) is 0 Å². The van der Waals surface area contributed by atoms with E-state index in [4.69, 9.17) is 11.6 Å². The van der Waals surface area contributed by atoms with Crippen molar-refractivity contribution in [3.05, 3.63) is 34.9 Å². The van der Waals surface area contributed by atoms with E-state index in [0.717, 1.165) is 31.2 Å². The first-order valence-corrected chi connectivity index (χ1v) is 10.0. The number of carbonyl (C=O) groups is 3. The molecule has 1 aromatic carbocycles. The Balaban J connectivity index is 0.00000225. The number of nitrogens with zero attached hydrogens (tertiary/aromatic N) is 2. The molecule has 3 amide bonds. The molecule has 3 fully saturated rings. The molecule has 0 bridgehead atoms. The molecule has 8 heteroatoms. The molecule has 1 saturated carbocycles. The third kappa shape index (κ3) is 3.91. The van der Waals surface area contributed by atoms with Gasteiger partial charge in [-0.05, 0) is 30.5 Å². The van der Waals surface area contributed by atoms with Gasteiger partial charge in [-0.15, -0.1) is 12.4 Å². The molecule has 28 heavy (non-hydrogen) atoms. The number of rotatable bonds is 3. The van der Waals surface area contributed by atoms with Crippen molar-refractivity contribution in [3.63, 3.8) is 0 Å². The topological polar surface area (TPSA) is 69.7 Å². The van der Waals surface area contributed by atoms with Crippen molar-refractivity contribution >= 4 is 41.7 Å². The number of benzene rings is 1. The summed E-state index contributed by atoms with van der Waals surface area (Å²) < 4.78 is 0. The summed E-state index contributed by atoms with van der Waals surface area (Å²) in [6.45, 7) is 1.70. The number of halogens is 2. The van der Waals surface area contributed by atoms with Gasteiger partial charge in [-0.2, -0.15) is 0 Å². The molecule has 3 unspecified atom stereocenters. The molecule has 1 N–H and O–H groups in total. The summed E-state index contributed by atoms with van der Waals surface area (Å²) in [6, 6.07) is 7.33. The molecular formula is C20H25Cl2N3O3. The van der Waals surface area contributed by atoms with Crippen LogP contribution in [0.15, 0.2) is 24.3 Å². The van der Waals surface area contributed by atoms with Crippen LogP contribution >= 0.6 is 24.0 Å². The molecule has 3 atom stereocenters. The number of carbonyl (C=O) groups excluding carboxylic acids is 3. The van der Waals surface area contributed by atoms with Gasteiger partial charge >= 0.3 is 0 Å². The summed E-state index contributed by atoms with van der Waals surface area (Å²) in [5, 5.41) is 3.93. The molecule has 3 aliphatic rings. The molecule has 0 aromatic heterocycles. The third-order valence-electron chi connectivity index (χ3n) is 6.02. The Hall–Kier alpha value is -1.63. The Morgan fingerprint density at radius 2 is 1.82 bits per heavy atom. The standard InChI is InChI=1S/C20H24ClN3O3.ClH/c21-14-5-3-4-13(10-14)17-11-22-8-9-23(17)18(25)12-24-19(26)15-6-1-2-7-16(15)20(24)27;/h3-5,10,15-17,22H,1-2,6-9,11-12H2;1H. The predicted octanol–water partition coefficient (Wildman–Crippen LogP) is 2.41. The smallest absolute Gasteiger partial charge is 0.243 e. The van der Waals surface area contributed by atoms with Gasteiger partial charge in [-0.1, -0.05) is 36.6 Å². The monoisotopic (exact) mass is 425 g/mol. The number of fused-ring (bicyclic) bond motifs is 1. The van der Waals surface area contributed by atoms with E-state index in [0.29, 0.717) is 24.7 Å². The van der Waals surface area contributed by atoms with Crippen LogP contribution in [0.1, 0.15) is 37.3 Å². The van der Waals surface area contributed by atoms with Crippen LogP contribution in [-0.2, 0) is 14.4 Å². The van der Waals surface area contributed by atoms with Crippen molar-refractivity contribution in [2.24, 2.45) is 11.8 Å². The molecule has 0 radical (unpaired) electrons. The van der Waals surface area contributed by atoms with E-state index < -0.39 is 0 Å². The largest absolute Gasteiger partial charge is 0.332 e. The second-order valence-corrected chi connectivity index (χ2v) is 8.06. The summed E-state index contributed by atoms with van der Waals surface area (Å²) in [7, 11) is 0. The molecule has 152 valence electrons. The maximum absolute atomic E-state index is 13.0. The Bertz CT molecular complexity index is 749. The average Bonchev–Trinajstić information content (AvgIpc) is 2.93. The number of nitrogens with one attached hydrogen (secondary N) is 1. The van der Waals surface area contributed by atoms with Crippen LogP contribution in [0.25, 0.3) is 0 Å². The second kappa shape index (κ2) is 8.80. The predicted molar refractivity (Wildman–Crippen MR) is 108 cm³/mol. The number of imide groups is 1. The van der Waals surface area contributed by atoms with E-state index in [1.165, 1.54) is 4.90 Å². The number of likely N-dealkylation sites (tertiary alicyclic amines) is 1. The van der Waals surface area contributed by atoms with Gasteiger partial charge in [0.15, 0.2) is 0 Å². The van der Waals surface area contributed by atoms with E-state index in [2.05, 4.69) is 5.32 Å². The fourth-order valence-electron chi connectivity index (χ4n) is 4.63. The van der Waals surface area contributed by atoms with Gasteiger partial charge in [0.1, 0.15) is 6.54 Å². The van der Waals surface area contributed by atoms with Gasteiger partial charge in [-0.25, -0.2) is 0 Å². The minimum absolute atomic E-state index is 0. The van der Waals surface area contributed by atoms with Crippen LogP contribution in [0.5, 0.6) is 0 Å². The Kier molecular flexibility index (Phi) is 6.63. The normalized spacial score (nSPS) is 27.4. The lowest BCUT2D eigenvalue weighted by Crippen LogP contribution is -2.52. The zero-order chi connectivity index (χ0) is 19.0. The zero-order valence-corrected chi connectivity index (χ0v) is 17.2. The van der Waals surface area contributed by atoms with Gasteiger partial charge in [0.05, 0.1) is 17.9 Å². The Labute approximate surface area is 176 Å². The van der Waals surface area contributed by atoms with Gasteiger partial charge in [0.25, 0.3) is 0 Å². The maximum atomic E-state index is 13.0. The van der Waals surface area contributed by atoms with E-state index in [9.17, 15) is 14.4 Å². The fraction of sp³-hybridized carbons (Fsp3) is 0.550. The second-order valence-electron chi connectivity index (χ2n) is 7.62. The Morgan fingerprint density at radius 3 is 2.46 bits per heavy atom. The van der Waals surface area contributed by atoms with Crippen molar-refractivity contribution in [2.75, 3.05) is 26.2 Å². The summed E-state index contributed by atoms with van der Waals surface area (Å²) in [4.78, 5) is 41.4. The van der Waals surface area contributed by atoms with Gasteiger partial charge in [-0.3, -0.25) is 19.3 Å². The van der Waals surface area contributed by atoms with Crippen LogP contribution in [-0.4, -0.2) is 53.7 Å². The van der Waals surface area contributed by atoms with Crippen LogP contribution < -0.4 is 5.32 Å². The first-order chi connectivity index (χ1) is 13.1. The van der Waals surface area contributed by atoms with Crippen LogP contribution in [0.2, 0.25) is 5.02 Å². The minimum Gasteiger partial charge on any atom is -0.332 e. The van der Waals surface area contributed by atoms with Gasteiger partial charge < -0.3 is 10.2 Å². The Morgan fingerprint density at radius 1 is 1.14 bits per heavy atom. The molecule has 1 aliphatic carbocycles. The lowest BCUT2D eigenvalue weighted by molar-refractivity contribution is -0.148. The summed E-state index contributed by atoms with van der Waals surface area (Å²) in [6.07, 6.45) is 3.49. The van der Waals surface area contributed by atoms with Crippen molar-refractivity contribution in [3.8, 4) is 0 Å². The summed E-state index contributed by atoms with van der Waals surface area (Å²) in [5.41, 5.74) is 0.954. The minimum atomic E-state index is -0.217. The fourth-order valence-corrected chi connectivity index (χ4v) is 4.83. The number of amides is 3. The third-order valence-corrected chi connectivity index (χ3v) is 6.26. The molecule has 2 saturated heterocycles. The molecular weight excluding hydrogens is 401 g/mol. The quantitative estimate of drug-likeness (QED) is 0.754. The van der Waals surface area contributed by atoms with Crippen LogP contribution in [0.4, 0.5) is 0 Å². The number of piperazine rings is 1. The van der Waals surface area contributed by atoms with Gasteiger partial charge in [0, 0.05) is 24.7 Å². The molecule has 4 rings (SSSR count). The first kappa shape index (κ1) is 21.1.